The average molecular weight is 372 g/mol. The smallest absolute Gasteiger partial charge is 0.349 e. The van der Waals surface area contributed by atoms with Crippen LogP contribution in [0.15, 0.2) is 33.9 Å². The zero-order chi connectivity index (χ0) is 19.1. The number of amides is 1. The minimum Gasteiger partial charge on any atom is -0.494 e. The van der Waals surface area contributed by atoms with E-state index in [1.54, 1.807) is 7.05 Å². The van der Waals surface area contributed by atoms with Gasteiger partial charge in [0.15, 0.2) is 22.8 Å². The summed E-state index contributed by atoms with van der Waals surface area (Å²) in [5.41, 5.74) is 1.02. The van der Waals surface area contributed by atoms with Gasteiger partial charge >= 0.3 is 11.7 Å². The maximum atomic E-state index is 13.7. The first kappa shape index (κ1) is 16.7. The Hall–Kier alpha value is -3.76. The Labute approximate surface area is 150 Å². The predicted molar refractivity (Wildman–Crippen MR) is 91.9 cm³/mol. The van der Waals surface area contributed by atoms with Gasteiger partial charge in [0.1, 0.15) is 17.6 Å². The monoisotopic (exact) mass is 372 g/mol. The number of carbonyl (C=O) groups is 1. The fourth-order valence-electron chi connectivity index (χ4n) is 2.64. The second-order valence-corrected chi connectivity index (χ2v) is 5.70. The second kappa shape index (κ2) is 6.20. The van der Waals surface area contributed by atoms with Crippen LogP contribution < -0.4 is 15.7 Å². The predicted octanol–water partition coefficient (Wildman–Crippen LogP) is 1.06. The third-order valence-corrected chi connectivity index (χ3v) is 3.98. The molecule has 138 valence electrons. The number of aromatic nitrogens is 5. The van der Waals surface area contributed by atoms with Gasteiger partial charge < -0.3 is 13.7 Å². The summed E-state index contributed by atoms with van der Waals surface area (Å²) in [6, 6.07) is 2.43. The summed E-state index contributed by atoms with van der Waals surface area (Å²) in [4.78, 5) is 35.7. The molecule has 3 aromatic heterocycles. The van der Waals surface area contributed by atoms with Crippen LogP contribution in [0.1, 0.15) is 0 Å². The molecule has 0 spiro atoms. The number of methoxy groups -OCH3 is 1. The van der Waals surface area contributed by atoms with Crippen LogP contribution in [0, 0.1) is 5.82 Å². The number of anilines is 1. The summed E-state index contributed by atoms with van der Waals surface area (Å²) in [5, 5.41) is 2.50. The highest BCUT2D eigenvalue weighted by atomic mass is 19.1. The molecule has 0 radical (unpaired) electrons. The number of aryl methyl sites for hydroxylation is 1. The molecule has 0 fully saturated rings. The SMILES string of the molecule is COc1cc2nc(NC(=O)Cn3cnc4c3cnc(=O)n4C)oc2cc1F. The van der Waals surface area contributed by atoms with Crippen molar-refractivity contribution in [3.63, 3.8) is 0 Å². The fourth-order valence-corrected chi connectivity index (χ4v) is 2.64. The highest BCUT2D eigenvalue weighted by Crippen LogP contribution is 2.26. The number of halogens is 1. The van der Waals surface area contributed by atoms with Crippen molar-refractivity contribution in [2.45, 2.75) is 6.54 Å². The molecule has 10 nitrogen and oxygen atoms in total. The van der Waals surface area contributed by atoms with Crippen LogP contribution in [-0.2, 0) is 18.4 Å². The van der Waals surface area contributed by atoms with Crippen LogP contribution in [0.2, 0.25) is 0 Å². The Morgan fingerprint density at radius 3 is 2.96 bits per heavy atom. The zero-order valence-corrected chi connectivity index (χ0v) is 14.3. The zero-order valence-electron chi connectivity index (χ0n) is 14.3. The lowest BCUT2D eigenvalue weighted by Crippen LogP contribution is -2.21. The van der Waals surface area contributed by atoms with Gasteiger partial charge in [0.2, 0.25) is 5.91 Å². The van der Waals surface area contributed by atoms with Crippen LogP contribution in [0.3, 0.4) is 0 Å². The largest absolute Gasteiger partial charge is 0.494 e. The number of nitrogens with zero attached hydrogens (tertiary/aromatic N) is 5. The maximum Gasteiger partial charge on any atom is 0.349 e. The average Bonchev–Trinajstić information content (AvgIpc) is 3.20. The van der Waals surface area contributed by atoms with E-state index in [1.165, 1.54) is 34.8 Å². The van der Waals surface area contributed by atoms with Gasteiger partial charge in [0.05, 0.1) is 19.6 Å². The minimum absolute atomic E-state index is 0.0247. The summed E-state index contributed by atoms with van der Waals surface area (Å²) in [6.45, 7) is -0.104. The molecule has 0 unspecified atom stereocenters. The first-order chi connectivity index (χ1) is 13.0. The number of hydrogen-bond donors (Lipinski definition) is 1. The number of nitrogens with one attached hydrogen (secondary N) is 1. The van der Waals surface area contributed by atoms with Crippen molar-refractivity contribution >= 4 is 34.2 Å². The van der Waals surface area contributed by atoms with E-state index in [1.807, 2.05) is 0 Å². The normalized spacial score (nSPS) is 11.2. The Kier molecular flexibility index (Phi) is 3.83. The molecule has 0 atom stereocenters. The van der Waals surface area contributed by atoms with E-state index in [4.69, 9.17) is 9.15 Å². The maximum absolute atomic E-state index is 13.7. The molecule has 0 bridgehead atoms. The van der Waals surface area contributed by atoms with Crippen molar-refractivity contribution in [2.24, 2.45) is 7.05 Å². The van der Waals surface area contributed by atoms with Crippen LogP contribution in [0.25, 0.3) is 22.3 Å². The Morgan fingerprint density at radius 2 is 2.19 bits per heavy atom. The van der Waals surface area contributed by atoms with Gasteiger partial charge in [0, 0.05) is 19.2 Å². The summed E-state index contributed by atoms with van der Waals surface area (Å²) >= 11 is 0. The number of rotatable bonds is 4. The van der Waals surface area contributed by atoms with Crippen LogP contribution in [0.4, 0.5) is 10.4 Å². The summed E-state index contributed by atoms with van der Waals surface area (Å²) < 4.78 is 26.8. The Morgan fingerprint density at radius 1 is 1.37 bits per heavy atom. The van der Waals surface area contributed by atoms with Crippen molar-refractivity contribution in [3.05, 3.63) is 41.0 Å². The number of oxazole rings is 1. The molecule has 0 aliphatic carbocycles. The van der Waals surface area contributed by atoms with Crippen molar-refractivity contribution in [2.75, 3.05) is 12.4 Å². The van der Waals surface area contributed by atoms with E-state index in [9.17, 15) is 14.0 Å². The molecule has 0 aliphatic heterocycles. The Balaban J connectivity index is 1.57. The molecule has 27 heavy (non-hydrogen) atoms. The van der Waals surface area contributed by atoms with Gasteiger partial charge in [-0.2, -0.15) is 9.97 Å². The third kappa shape index (κ3) is 2.88. The number of ether oxygens (including phenoxy) is 1. The van der Waals surface area contributed by atoms with Crippen molar-refractivity contribution in [3.8, 4) is 5.75 Å². The van der Waals surface area contributed by atoms with E-state index in [0.717, 1.165) is 6.07 Å². The van der Waals surface area contributed by atoms with E-state index >= 15 is 0 Å². The number of carbonyl (C=O) groups excluding carboxylic acids is 1. The van der Waals surface area contributed by atoms with Crippen LogP contribution in [0.5, 0.6) is 5.75 Å². The molecule has 4 aromatic rings. The molecule has 0 saturated carbocycles. The number of imidazole rings is 1. The molecule has 4 rings (SSSR count). The summed E-state index contributed by atoms with van der Waals surface area (Å²) in [6.07, 6.45) is 2.78. The van der Waals surface area contributed by atoms with Gasteiger partial charge in [-0.05, 0) is 0 Å². The van der Waals surface area contributed by atoms with Gasteiger partial charge in [-0.25, -0.2) is 14.2 Å². The topological polar surface area (TPSA) is 117 Å². The third-order valence-electron chi connectivity index (χ3n) is 3.98. The first-order valence-electron chi connectivity index (χ1n) is 7.77. The molecule has 3 heterocycles. The first-order valence-corrected chi connectivity index (χ1v) is 7.77. The number of fused-ring (bicyclic) bond motifs is 2. The summed E-state index contributed by atoms with van der Waals surface area (Å²) in [7, 11) is 2.88. The van der Waals surface area contributed by atoms with Gasteiger partial charge in [-0.3, -0.25) is 14.7 Å². The second-order valence-electron chi connectivity index (χ2n) is 5.70. The molecule has 1 aromatic carbocycles. The molecule has 1 amide bonds. The van der Waals surface area contributed by atoms with Crippen LogP contribution in [-0.4, -0.2) is 37.1 Å². The van der Waals surface area contributed by atoms with E-state index in [-0.39, 0.29) is 23.9 Å². The molecular weight excluding hydrogens is 359 g/mol. The summed E-state index contributed by atoms with van der Waals surface area (Å²) in [5.74, 6) is -1.01. The molecule has 0 saturated heterocycles. The molecule has 0 aliphatic rings. The van der Waals surface area contributed by atoms with Crippen molar-refractivity contribution < 1.29 is 18.3 Å². The van der Waals surface area contributed by atoms with E-state index in [2.05, 4.69) is 20.3 Å². The molecule has 1 N–H and O–H groups in total. The minimum atomic E-state index is -0.595. The van der Waals surface area contributed by atoms with E-state index in [0.29, 0.717) is 16.7 Å². The van der Waals surface area contributed by atoms with Gasteiger partial charge in [-0.15, -0.1) is 0 Å². The lowest BCUT2D eigenvalue weighted by Gasteiger charge is -2.04. The highest BCUT2D eigenvalue weighted by Gasteiger charge is 2.15. The van der Waals surface area contributed by atoms with Gasteiger partial charge in [-0.1, -0.05) is 0 Å². The lowest BCUT2D eigenvalue weighted by atomic mass is 10.3. The standard InChI is InChI=1S/C16H13FN6O4/c1-22-14-10(5-18-16(22)25)23(7-19-14)6-13(24)21-15-20-9-4-11(26-2)8(17)3-12(9)27-15/h3-5,7H,6H2,1-2H3,(H,20,21,24). The number of hydrogen-bond acceptors (Lipinski definition) is 7. The highest BCUT2D eigenvalue weighted by molar-refractivity contribution is 5.90. The van der Waals surface area contributed by atoms with E-state index < -0.39 is 17.4 Å². The lowest BCUT2D eigenvalue weighted by molar-refractivity contribution is -0.116. The van der Waals surface area contributed by atoms with Gasteiger partial charge in [0.25, 0.3) is 0 Å². The molecular formula is C16H13FN6O4. The van der Waals surface area contributed by atoms with Crippen molar-refractivity contribution in [1.29, 1.82) is 0 Å². The Bertz CT molecular complexity index is 1240. The van der Waals surface area contributed by atoms with Crippen LogP contribution >= 0.6 is 0 Å². The fraction of sp³-hybridized carbons (Fsp3) is 0.188. The quantitative estimate of drug-likeness (QED) is 0.569. The number of benzene rings is 1. The molecule has 11 heteroatoms. The van der Waals surface area contributed by atoms with Crippen molar-refractivity contribution in [1.82, 2.24) is 24.1 Å².